The summed E-state index contributed by atoms with van der Waals surface area (Å²) in [6.45, 7) is 3.44. The van der Waals surface area contributed by atoms with E-state index in [0.29, 0.717) is 24.4 Å². The molecule has 0 radical (unpaired) electrons. The van der Waals surface area contributed by atoms with Crippen LogP contribution in [0.2, 0.25) is 0 Å². The third kappa shape index (κ3) is 1.74. The van der Waals surface area contributed by atoms with Crippen LogP contribution < -0.4 is 0 Å². The van der Waals surface area contributed by atoms with Gasteiger partial charge in [-0.25, -0.2) is 4.39 Å². The number of hydrogen-bond donors (Lipinski definition) is 1. The van der Waals surface area contributed by atoms with Crippen LogP contribution in [0.25, 0.3) is 0 Å². The summed E-state index contributed by atoms with van der Waals surface area (Å²) in [6.07, 6.45) is 0. The first-order valence-electron chi connectivity index (χ1n) is 5.85. The van der Waals surface area contributed by atoms with Gasteiger partial charge in [0.25, 0.3) is 0 Å². The molecule has 1 aromatic rings. The quantitative estimate of drug-likeness (QED) is 0.836. The molecule has 1 saturated carbocycles. The molecule has 1 aromatic carbocycles. The lowest BCUT2D eigenvalue weighted by Crippen LogP contribution is -2.24. The number of likely N-dealkylation sites (tertiary alicyclic amines) is 1. The van der Waals surface area contributed by atoms with Gasteiger partial charge < -0.3 is 5.11 Å². The summed E-state index contributed by atoms with van der Waals surface area (Å²) < 4.78 is 12.7. The van der Waals surface area contributed by atoms with Crippen LogP contribution in [-0.4, -0.2) is 29.7 Å². The molecule has 86 valence electrons. The average Bonchev–Trinajstić information content (AvgIpc) is 2.76. The first kappa shape index (κ1) is 10.2. The zero-order valence-corrected chi connectivity index (χ0v) is 9.14. The van der Waals surface area contributed by atoms with Gasteiger partial charge in [0.05, 0.1) is 0 Å². The van der Waals surface area contributed by atoms with Crippen molar-refractivity contribution < 1.29 is 9.50 Å². The fraction of sp³-hybridized carbons (Fsp3) is 0.538. The third-order valence-electron chi connectivity index (χ3n) is 3.98. The maximum absolute atomic E-state index is 12.7. The SMILES string of the molecule is OCC1C2CN(Cc3ccc(F)cc3)CC12. The minimum Gasteiger partial charge on any atom is -0.396 e. The summed E-state index contributed by atoms with van der Waals surface area (Å²) in [5.41, 5.74) is 1.17. The van der Waals surface area contributed by atoms with E-state index in [0.717, 1.165) is 19.6 Å². The number of aliphatic hydroxyl groups excluding tert-OH is 1. The summed E-state index contributed by atoms with van der Waals surface area (Å²) in [6, 6.07) is 6.73. The van der Waals surface area contributed by atoms with E-state index in [2.05, 4.69) is 4.90 Å². The normalized spacial score (nSPS) is 32.8. The van der Waals surface area contributed by atoms with E-state index in [9.17, 15) is 4.39 Å². The first-order chi connectivity index (χ1) is 7.78. The van der Waals surface area contributed by atoms with Crippen molar-refractivity contribution in [3.63, 3.8) is 0 Å². The Morgan fingerprint density at radius 1 is 1.19 bits per heavy atom. The number of halogens is 1. The molecule has 2 atom stereocenters. The predicted octanol–water partition coefficient (Wildman–Crippen LogP) is 1.50. The van der Waals surface area contributed by atoms with E-state index in [1.54, 1.807) is 0 Å². The molecule has 3 rings (SSSR count). The fourth-order valence-corrected chi connectivity index (χ4v) is 2.98. The van der Waals surface area contributed by atoms with Gasteiger partial charge in [0.15, 0.2) is 0 Å². The summed E-state index contributed by atoms with van der Waals surface area (Å²) in [4.78, 5) is 2.40. The Bertz CT molecular complexity index is 366. The highest BCUT2D eigenvalue weighted by molar-refractivity contribution is 5.17. The van der Waals surface area contributed by atoms with Crippen molar-refractivity contribution in [3.05, 3.63) is 35.6 Å². The number of aliphatic hydroxyl groups is 1. The number of hydrogen-bond acceptors (Lipinski definition) is 2. The Morgan fingerprint density at radius 3 is 2.38 bits per heavy atom. The number of fused-ring (bicyclic) bond motifs is 1. The molecule has 0 spiro atoms. The molecular formula is C13H16FNO. The Balaban J connectivity index is 1.56. The van der Waals surface area contributed by atoms with E-state index in [1.165, 1.54) is 17.7 Å². The Morgan fingerprint density at radius 2 is 1.81 bits per heavy atom. The molecule has 1 aliphatic heterocycles. The molecule has 1 saturated heterocycles. The second-order valence-electron chi connectivity index (χ2n) is 4.99. The van der Waals surface area contributed by atoms with E-state index in [4.69, 9.17) is 5.11 Å². The van der Waals surface area contributed by atoms with Gasteiger partial charge in [-0.1, -0.05) is 12.1 Å². The summed E-state index contributed by atoms with van der Waals surface area (Å²) in [5, 5.41) is 9.06. The van der Waals surface area contributed by atoms with Gasteiger partial charge in [-0.05, 0) is 35.4 Å². The van der Waals surface area contributed by atoms with Crippen molar-refractivity contribution in [2.75, 3.05) is 19.7 Å². The van der Waals surface area contributed by atoms with Crippen LogP contribution >= 0.6 is 0 Å². The minimum absolute atomic E-state index is 0.173. The minimum atomic E-state index is -0.173. The van der Waals surface area contributed by atoms with Crippen LogP contribution in [0.5, 0.6) is 0 Å². The molecule has 2 fully saturated rings. The van der Waals surface area contributed by atoms with Crippen molar-refractivity contribution in [2.24, 2.45) is 17.8 Å². The van der Waals surface area contributed by atoms with Crippen molar-refractivity contribution >= 4 is 0 Å². The molecule has 2 aliphatic rings. The van der Waals surface area contributed by atoms with Gasteiger partial charge in [0, 0.05) is 26.2 Å². The van der Waals surface area contributed by atoms with Crippen LogP contribution in [0.15, 0.2) is 24.3 Å². The highest BCUT2D eigenvalue weighted by Crippen LogP contribution is 2.51. The predicted molar refractivity (Wildman–Crippen MR) is 59.2 cm³/mol. The highest BCUT2D eigenvalue weighted by atomic mass is 19.1. The molecule has 2 nitrogen and oxygen atoms in total. The van der Waals surface area contributed by atoms with E-state index < -0.39 is 0 Å². The van der Waals surface area contributed by atoms with Gasteiger partial charge >= 0.3 is 0 Å². The van der Waals surface area contributed by atoms with Gasteiger partial charge in [0.2, 0.25) is 0 Å². The third-order valence-corrected chi connectivity index (χ3v) is 3.98. The van der Waals surface area contributed by atoms with Gasteiger partial charge in [-0.2, -0.15) is 0 Å². The topological polar surface area (TPSA) is 23.5 Å². The van der Waals surface area contributed by atoms with Crippen LogP contribution in [0.4, 0.5) is 4.39 Å². The van der Waals surface area contributed by atoms with E-state index in [1.807, 2.05) is 12.1 Å². The van der Waals surface area contributed by atoms with Gasteiger partial charge in [0.1, 0.15) is 5.82 Å². The van der Waals surface area contributed by atoms with Crippen LogP contribution in [0, 0.1) is 23.6 Å². The summed E-state index contributed by atoms with van der Waals surface area (Å²) >= 11 is 0. The van der Waals surface area contributed by atoms with Crippen molar-refractivity contribution in [2.45, 2.75) is 6.54 Å². The van der Waals surface area contributed by atoms with Crippen LogP contribution in [-0.2, 0) is 6.54 Å². The molecule has 2 unspecified atom stereocenters. The number of benzene rings is 1. The van der Waals surface area contributed by atoms with Crippen molar-refractivity contribution in [1.29, 1.82) is 0 Å². The Kier molecular flexibility index (Phi) is 2.45. The highest BCUT2D eigenvalue weighted by Gasteiger charge is 2.54. The fourth-order valence-electron chi connectivity index (χ4n) is 2.98. The summed E-state index contributed by atoms with van der Waals surface area (Å²) in [5.74, 6) is 1.81. The molecule has 0 bridgehead atoms. The molecule has 1 N–H and O–H groups in total. The Labute approximate surface area is 94.7 Å². The zero-order valence-electron chi connectivity index (χ0n) is 9.14. The van der Waals surface area contributed by atoms with Crippen LogP contribution in [0.1, 0.15) is 5.56 Å². The second-order valence-corrected chi connectivity index (χ2v) is 4.99. The largest absolute Gasteiger partial charge is 0.396 e. The molecule has 0 aromatic heterocycles. The molecule has 0 amide bonds. The van der Waals surface area contributed by atoms with Crippen molar-refractivity contribution in [1.82, 2.24) is 4.90 Å². The number of piperidine rings is 1. The lowest BCUT2D eigenvalue weighted by molar-refractivity contribution is 0.217. The van der Waals surface area contributed by atoms with Gasteiger partial charge in [-0.3, -0.25) is 4.90 Å². The second kappa shape index (κ2) is 3.82. The smallest absolute Gasteiger partial charge is 0.123 e. The monoisotopic (exact) mass is 221 g/mol. The zero-order chi connectivity index (χ0) is 11.1. The lowest BCUT2D eigenvalue weighted by Gasteiger charge is -2.18. The Hall–Kier alpha value is -0.930. The molecule has 1 heterocycles. The lowest BCUT2D eigenvalue weighted by atomic mass is 10.2. The molecule has 16 heavy (non-hydrogen) atoms. The summed E-state index contributed by atoms with van der Waals surface area (Å²) in [7, 11) is 0. The number of rotatable bonds is 3. The standard InChI is InChI=1S/C13H16FNO/c14-10-3-1-9(2-4-10)5-15-6-11-12(7-15)13(11)8-16/h1-4,11-13,16H,5-8H2. The van der Waals surface area contributed by atoms with E-state index >= 15 is 0 Å². The molecule has 1 aliphatic carbocycles. The van der Waals surface area contributed by atoms with Gasteiger partial charge in [-0.15, -0.1) is 0 Å². The first-order valence-corrected chi connectivity index (χ1v) is 5.85. The average molecular weight is 221 g/mol. The maximum Gasteiger partial charge on any atom is 0.123 e. The van der Waals surface area contributed by atoms with E-state index in [-0.39, 0.29) is 5.82 Å². The van der Waals surface area contributed by atoms with Crippen molar-refractivity contribution in [3.8, 4) is 0 Å². The maximum atomic E-state index is 12.7. The number of nitrogens with zero attached hydrogens (tertiary/aromatic N) is 1. The van der Waals surface area contributed by atoms with Crippen LogP contribution in [0.3, 0.4) is 0 Å². The molecular weight excluding hydrogens is 205 g/mol. The molecule has 3 heteroatoms.